The number of carbonyl (C=O) groups excluding carboxylic acids is 2. The number of aryl methyl sites for hydroxylation is 1. The number of anilines is 2. The van der Waals surface area contributed by atoms with E-state index in [0.717, 1.165) is 24.9 Å². The van der Waals surface area contributed by atoms with Gasteiger partial charge in [0.15, 0.2) is 0 Å². The van der Waals surface area contributed by atoms with Crippen molar-refractivity contribution in [1.29, 1.82) is 0 Å². The number of halogens is 1. The monoisotopic (exact) mass is 402 g/mol. The van der Waals surface area contributed by atoms with E-state index in [-0.39, 0.29) is 24.3 Å². The molecule has 3 amide bonds. The number of rotatable bonds is 4. The molecule has 2 aromatic rings. The lowest BCUT2D eigenvalue weighted by Crippen LogP contribution is -2.46. The van der Waals surface area contributed by atoms with Crippen molar-refractivity contribution in [2.75, 3.05) is 30.8 Å². The smallest absolute Gasteiger partial charge is 0.323 e. The van der Waals surface area contributed by atoms with Crippen molar-refractivity contribution in [2.24, 2.45) is 0 Å². The lowest BCUT2D eigenvalue weighted by molar-refractivity contribution is 0.0698. The summed E-state index contributed by atoms with van der Waals surface area (Å²) in [7, 11) is 1.93. The van der Waals surface area contributed by atoms with Crippen LogP contribution in [0.3, 0.4) is 0 Å². The maximum absolute atomic E-state index is 12.9. The molecule has 150 valence electrons. The highest BCUT2D eigenvalue weighted by molar-refractivity contribution is 6.02. The number of piperidine rings is 1. The van der Waals surface area contributed by atoms with Crippen LogP contribution in [0, 0.1) is 6.92 Å². The average Bonchev–Trinajstić information content (AvgIpc) is 2.70. The fourth-order valence-corrected chi connectivity index (χ4v) is 3.28. The molecule has 1 heterocycles. The Hall–Kier alpha value is -2.57. The molecule has 0 aromatic heterocycles. The van der Waals surface area contributed by atoms with Crippen LogP contribution in [-0.2, 0) is 0 Å². The molecule has 1 unspecified atom stereocenters. The van der Waals surface area contributed by atoms with Crippen LogP contribution in [0.2, 0.25) is 0 Å². The predicted molar refractivity (Wildman–Crippen MR) is 115 cm³/mol. The standard InChI is InChI=1S/C21H26N4O2.ClH/c1-15-10-11-16(20(26)25-12-6-9-18(14-25)22-2)13-19(15)24-21(27)23-17-7-4-3-5-8-17;/h3-5,7-8,10-11,13,18,22H,6,9,12,14H2,1-2H3,(H2,23,24,27);1H. The number of likely N-dealkylation sites (N-methyl/N-ethyl adjacent to an activating group) is 1. The van der Waals surface area contributed by atoms with Crippen molar-refractivity contribution in [1.82, 2.24) is 10.2 Å². The van der Waals surface area contributed by atoms with Gasteiger partial charge in [-0.25, -0.2) is 4.79 Å². The van der Waals surface area contributed by atoms with Crippen LogP contribution >= 0.6 is 12.4 Å². The fourth-order valence-electron chi connectivity index (χ4n) is 3.28. The lowest BCUT2D eigenvalue weighted by atomic mass is 10.0. The predicted octanol–water partition coefficient (Wildman–Crippen LogP) is 3.88. The average molecular weight is 403 g/mol. The summed E-state index contributed by atoms with van der Waals surface area (Å²) in [6, 6.07) is 14.7. The lowest BCUT2D eigenvalue weighted by Gasteiger charge is -2.32. The molecule has 0 aliphatic carbocycles. The van der Waals surface area contributed by atoms with E-state index in [2.05, 4.69) is 16.0 Å². The molecule has 0 spiro atoms. The van der Waals surface area contributed by atoms with Crippen LogP contribution in [0.4, 0.5) is 16.2 Å². The summed E-state index contributed by atoms with van der Waals surface area (Å²) in [4.78, 5) is 27.0. The molecule has 0 bridgehead atoms. The highest BCUT2D eigenvalue weighted by Gasteiger charge is 2.24. The first-order chi connectivity index (χ1) is 13.1. The van der Waals surface area contributed by atoms with Crippen molar-refractivity contribution in [3.05, 3.63) is 59.7 Å². The summed E-state index contributed by atoms with van der Waals surface area (Å²) in [6.07, 6.45) is 2.08. The molecular weight excluding hydrogens is 376 g/mol. The number of likely N-dealkylation sites (tertiary alicyclic amines) is 1. The molecule has 3 N–H and O–H groups in total. The summed E-state index contributed by atoms with van der Waals surface area (Å²) < 4.78 is 0. The quantitative estimate of drug-likeness (QED) is 0.726. The molecule has 0 radical (unpaired) electrons. The number of carbonyl (C=O) groups is 2. The molecule has 1 aliphatic rings. The van der Waals surface area contributed by atoms with E-state index < -0.39 is 0 Å². The molecule has 0 saturated carbocycles. The van der Waals surface area contributed by atoms with E-state index in [4.69, 9.17) is 0 Å². The second-order valence-electron chi connectivity index (χ2n) is 6.85. The van der Waals surface area contributed by atoms with Gasteiger partial charge in [-0.05, 0) is 56.6 Å². The highest BCUT2D eigenvalue weighted by atomic mass is 35.5. The first-order valence-electron chi connectivity index (χ1n) is 9.27. The number of para-hydroxylation sites is 1. The molecule has 6 nitrogen and oxygen atoms in total. The number of urea groups is 1. The van der Waals surface area contributed by atoms with Crippen molar-refractivity contribution < 1.29 is 9.59 Å². The summed E-state index contributed by atoms with van der Waals surface area (Å²) >= 11 is 0. The number of nitrogens with zero attached hydrogens (tertiary/aromatic N) is 1. The number of nitrogens with one attached hydrogen (secondary N) is 3. The van der Waals surface area contributed by atoms with Gasteiger partial charge in [0.2, 0.25) is 0 Å². The zero-order valence-corrected chi connectivity index (χ0v) is 17.0. The van der Waals surface area contributed by atoms with Gasteiger partial charge < -0.3 is 20.9 Å². The Bertz CT molecular complexity index is 813. The highest BCUT2D eigenvalue weighted by Crippen LogP contribution is 2.20. The van der Waals surface area contributed by atoms with Crippen molar-refractivity contribution in [2.45, 2.75) is 25.8 Å². The van der Waals surface area contributed by atoms with E-state index in [1.807, 2.05) is 61.3 Å². The number of hydrogen-bond acceptors (Lipinski definition) is 3. The third kappa shape index (κ3) is 5.47. The molecular formula is C21H27ClN4O2. The number of benzene rings is 2. The summed E-state index contributed by atoms with van der Waals surface area (Å²) in [5, 5.41) is 8.88. The Morgan fingerprint density at radius 1 is 1.07 bits per heavy atom. The van der Waals surface area contributed by atoms with E-state index >= 15 is 0 Å². The third-order valence-corrected chi connectivity index (χ3v) is 4.88. The van der Waals surface area contributed by atoms with Crippen LogP contribution in [0.25, 0.3) is 0 Å². The Kier molecular flexibility index (Phi) is 7.84. The van der Waals surface area contributed by atoms with E-state index in [0.29, 0.717) is 29.5 Å². The number of hydrogen-bond donors (Lipinski definition) is 3. The molecule has 1 saturated heterocycles. The minimum Gasteiger partial charge on any atom is -0.337 e. The van der Waals surface area contributed by atoms with Gasteiger partial charge >= 0.3 is 6.03 Å². The van der Waals surface area contributed by atoms with Gasteiger partial charge in [0.25, 0.3) is 5.91 Å². The summed E-state index contributed by atoms with van der Waals surface area (Å²) in [5.41, 5.74) is 2.84. The molecule has 28 heavy (non-hydrogen) atoms. The number of amides is 3. The Morgan fingerprint density at radius 3 is 2.54 bits per heavy atom. The molecule has 1 atom stereocenters. The summed E-state index contributed by atoms with van der Waals surface area (Å²) in [5.74, 6) is 0.00136. The third-order valence-electron chi connectivity index (χ3n) is 4.88. The van der Waals surface area contributed by atoms with Gasteiger partial charge in [0.05, 0.1) is 0 Å². The minimum atomic E-state index is -0.331. The fraction of sp³-hybridized carbons (Fsp3) is 0.333. The second kappa shape index (κ2) is 10.1. The zero-order valence-electron chi connectivity index (χ0n) is 16.2. The van der Waals surface area contributed by atoms with E-state index in [9.17, 15) is 9.59 Å². The van der Waals surface area contributed by atoms with Crippen LogP contribution in [0.1, 0.15) is 28.8 Å². The largest absolute Gasteiger partial charge is 0.337 e. The topological polar surface area (TPSA) is 73.5 Å². The van der Waals surface area contributed by atoms with Gasteiger partial charge in [-0.3, -0.25) is 4.79 Å². The molecule has 2 aromatic carbocycles. The first-order valence-corrected chi connectivity index (χ1v) is 9.27. The van der Waals surface area contributed by atoms with Gasteiger partial charge in [0.1, 0.15) is 0 Å². The van der Waals surface area contributed by atoms with Crippen LogP contribution < -0.4 is 16.0 Å². The van der Waals surface area contributed by atoms with Crippen molar-refractivity contribution in [3.63, 3.8) is 0 Å². The molecule has 7 heteroatoms. The Labute approximate surface area is 172 Å². The Morgan fingerprint density at radius 2 is 1.82 bits per heavy atom. The van der Waals surface area contributed by atoms with E-state index in [1.54, 1.807) is 6.07 Å². The van der Waals surface area contributed by atoms with Crippen molar-refractivity contribution >= 4 is 35.7 Å². The summed E-state index contributed by atoms with van der Waals surface area (Å²) in [6.45, 7) is 3.38. The normalized spacial score (nSPS) is 16.1. The van der Waals surface area contributed by atoms with Gasteiger partial charge in [-0.15, -0.1) is 12.4 Å². The second-order valence-corrected chi connectivity index (χ2v) is 6.85. The molecule has 3 rings (SSSR count). The van der Waals surface area contributed by atoms with Gasteiger partial charge in [0, 0.05) is 36.1 Å². The van der Waals surface area contributed by atoms with Crippen LogP contribution in [0.5, 0.6) is 0 Å². The first kappa shape index (κ1) is 21.7. The maximum atomic E-state index is 12.9. The molecule has 1 fully saturated rings. The molecule has 1 aliphatic heterocycles. The van der Waals surface area contributed by atoms with Gasteiger partial charge in [-0.2, -0.15) is 0 Å². The van der Waals surface area contributed by atoms with Crippen LogP contribution in [0.15, 0.2) is 48.5 Å². The van der Waals surface area contributed by atoms with E-state index in [1.165, 1.54) is 0 Å². The van der Waals surface area contributed by atoms with Gasteiger partial charge in [-0.1, -0.05) is 24.3 Å². The SMILES string of the molecule is CNC1CCCN(C(=O)c2ccc(C)c(NC(=O)Nc3ccccc3)c2)C1.Cl. The maximum Gasteiger partial charge on any atom is 0.323 e. The van der Waals surface area contributed by atoms with Crippen LogP contribution in [-0.4, -0.2) is 43.0 Å². The van der Waals surface area contributed by atoms with Crippen molar-refractivity contribution in [3.8, 4) is 0 Å². The Balaban J connectivity index is 0.00000280. The minimum absolute atomic E-state index is 0. The zero-order chi connectivity index (χ0) is 19.2.